The monoisotopic (exact) mass is 626 g/mol. The number of nitrogens with one attached hydrogen (secondary N) is 2. The van der Waals surface area contributed by atoms with E-state index in [1.165, 1.54) is 0 Å². The molecule has 2 amide bonds. The van der Waals surface area contributed by atoms with Crippen LogP contribution in [-0.4, -0.2) is 30.9 Å². The van der Waals surface area contributed by atoms with Crippen molar-refractivity contribution in [1.82, 2.24) is 30.0 Å². The molecule has 10 nitrogen and oxygen atoms in total. The molecule has 0 atom stereocenters. The molecule has 2 heterocycles. The van der Waals surface area contributed by atoms with Crippen LogP contribution < -0.4 is 22.5 Å². The second kappa shape index (κ2) is 12.5. The Morgan fingerprint density at radius 2 is 1.00 bits per heavy atom. The summed E-state index contributed by atoms with van der Waals surface area (Å²) in [6, 6.07) is 26.9. The van der Waals surface area contributed by atoms with Gasteiger partial charge < -0.3 is 9.13 Å². The van der Waals surface area contributed by atoms with E-state index in [9.17, 15) is 9.59 Å². The van der Waals surface area contributed by atoms with Crippen LogP contribution in [0, 0.1) is 0 Å². The van der Waals surface area contributed by atoms with E-state index in [1.54, 1.807) is 0 Å². The molecule has 6 N–H and O–H groups in total. The van der Waals surface area contributed by atoms with E-state index >= 15 is 0 Å². The van der Waals surface area contributed by atoms with Gasteiger partial charge in [0.15, 0.2) is 0 Å². The fourth-order valence-electron chi connectivity index (χ4n) is 5.29. The molecule has 0 saturated heterocycles. The maximum Gasteiger partial charge on any atom is 0.253 e. The Kier molecular flexibility index (Phi) is 8.32. The lowest BCUT2D eigenvalue weighted by molar-refractivity contribution is -0.122. The molecule has 0 spiro atoms. The number of hydrazine groups is 2. The van der Waals surface area contributed by atoms with Gasteiger partial charge in [-0.1, -0.05) is 59.6 Å². The summed E-state index contributed by atoms with van der Waals surface area (Å²) >= 11 is 12.1. The highest BCUT2D eigenvalue weighted by Gasteiger charge is 2.17. The van der Waals surface area contributed by atoms with Crippen molar-refractivity contribution >= 4 is 57.1 Å². The molecule has 44 heavy (non-hydrogen) atoms. The Balaban J connectivity index is 1.38. The fraction of sp³-hybridized carbons (Fsp3) is 0.125. The van der Waals surface area contributed by atoms with Gasteiger partial charge in [0.2, 0.25) is 0 Å². The molecule has 0 saturated carbocycles. The van der Waals surface area contributed by atoms with E-state index in [0.29, 0.717) is 22.9 Å². The summed E-state index contributed by atoms with van der Waals surface area (Å²) in [6.07, 6.45) is 1.02. The fourth-order valence-corrected chi connectivity index (χ4v) is 5.54. The van der Waals surface area contributed by atoms with E-state index in [-0.39, 0.29) is 24.9 Å². The van der Waals surface area contributed by atoms with Gasteiger partial charge in [-0.2, -0.15) is 0 Å². The minimum Gasteiger partial charge on any atom is -0.318 e. The van der Waals surface area contributed by atoms with Crippen LogP contribution in [0.3, 0.4) is 0 Å². The number of halogens is 2. The second-order valence-electron chi connectivity index (χ2n) is 10.4. The first-order valence-electron chi connectivity index (χ1n) is 13.8. The zero-order chi connectivity index (χ0) is 30.8. The molecular weight excluding hydrogens is 599 g/mol. The van der Waals surface area contributed by atoms with Crippen molar-refractivity contribution in [2.75, 3.05) is 0 Å². The van der Waals surface area contributed by atoms with Crippen LogP contribution in [0.4, 0.5) is 0 Å². The van der Waals surface area contributed by atoms with Crippen molar-refractivity contribution in [2.24, 2.45) is 11.7 Å². The lowest BCUT2D eigenvalue weighted by Gasteiger charge is -2.09. The first-order chi connectivity index (χ1) is 21.3. The molecule has 0 aliphatic carbocycles. The quantitative estimate of drug-likeness (QED) is 0.105. The van der Waals surface area contributed by atoms with Gasteiger partial charge in [-0.05, 0) is 70.8 Å². The van der Waals surface area contributed by atoms with E-state index in [0.717, 1.165) is 56.0 Å². The lowest BCUT2D eigenvalue weighted by atomic mass is 10.0. The first-order valence-corrected chi connectivity index (χ1v) is 14.5. The number of carbonyl (C=O) groups excluding carboxylic acids is 2. The second-order valence-corrected chi connectivity index (χ2v) is 11.2. The van der Waals surface area contributed by atoms with Crippen LogP contribution in [0.25, 0.3) is 33.2 Å². The van der Waals surface area contributed by atoms with Crippen LogP contribution in [0.15, 0.2) is 84.9 Å². The molecule has 0 radical (unpaired) electrons. The van der Waals surface area contributed by atoms with Gasteiger partial charge in [-0.3, -0.25) is 20.4 Å². The number of aromatic nitrogens is 4. The van der Waals surface area contributed by atoms with Crippen LogP contribution in [0.1, 0.15) is 22.8 Å². The zero-order valence-corrected chi connectivity index (χ0v) is 24.9. The highest BCUT2D eigenvalue weighted by atomic mass is 35.5. The number of hydrogen-bond acceptors (Lipinski definition) is 6. The van der Waals surface area contributed by atoms with E-state index in [2.05, 4.69) is 10.9 Å². The summed E-state index contributed by atoms with van der Waals surface area (Å²) in [6.45, 7) is 0.0663. The third-order valence-electron chi connectivity index (χ3n) is 7.46. The Morgan fingerprint density at radius 1 is 0.614 bits per heavy atom. The smallest absolute Gasteiger partial charge is 0.253 e. The van der Waals surface area contributed by atoms with Crippen LogP contribution in [-0.2, 0) is 35.5 Å². The Labute approximate surface area is 262 Å². The van der Waals surface area contributed by atoms with Gasteiger partial charge in [-0.15, -0.1) is 0 Å². The van der Waals surface area contributed by atoms with Gasteiger partial charge in [0.1, 0.15) is 24.7 Å². The molecule has 0 bridgehead atoms. The predicted molar refractivity (Wildman–Crippen MR) is 172 cm³/mol. The number of benzene rings is 4. The average molecular weight is 628 g/mol. The van der Waals surface area contributed by atoms with Crippen LogP contribution >= 0.6 is 23.2 Å². The molecule has 0 aliphatic rings. The number of amides is 2. The van der Waals surface area contributed by atoms with Gasteiger partial charge in [-0.25, -0.2) is 21.7 Å². The normalized spacial score (nSPS) is 11.3. The number of rotatable bonds is 9. The number of hydrogen-bond donors (Lipinski definition) is 4. The molecule has 0 fully saturated rings. The lowest BCUT2D eigenvalue weighted by Crippen LogP contribution is -2.33. The molecule has 12 heteroatoms. The van der Waals surface area contributed by atoms with Gasteiger partial charge in [0, 0.05) is 22.9 Å². The zero-order valence-electron chi connectivity index (χ0n) is 23.4. The maximum atomic E-state index is 12.3. The summed E-state index contributed by atoms with van der Waals surface area (Å²) in [5.41, 5.74) is 11.4. The van der Waals surface area contributed by atoms with Crippen LogP contribution in [0.5, 0.6) is 0 Å². The van der Waals surface area contributed by atoms with Gasteiger partial charge in [0.25, 0.3) is 11.8 Å². The van der Waals surface area contributed by atoms with Crippen molar-refractivity contribution in [3.05, 3.63) is 118 Å². The van der Waals surface area contributed by atoms with E-state index < -0.39 is 0 Å². The first kappa shape index (κ1) is 29.3. The molecule has 222 valence electrons. The predicted octanol–water partition coefficient (Wildman–Crippen LogP) is 4.52. The molecule has 0 aliphatic heterocycles. The summed E-state index contributed by atoms with van der Waals surface area (Å²) in [5.74, 6) is 11.6. The number of nitrogens with two attached hydrogens (primary N) is 2. The third kappa shape index (κ3) is 6.15. The summed E-state index contributed by atoms with van der Waals surface area (Å²) in [5, 5.41) is 1.30. The summed E-state index contributed by atoms with van der Waals surface area (Å²) in [4.78, 5) is 34.4. The largest absolute Gasteiger partial charge is 0.318 e. The van der Waals surface area contributed by atoms with E-state index in [4.69, 9.17) is 44.9 Å². The maximum absolute atomic E-state index is 12.3. The minimum atomic E-state index is -0.329. The average Bonchev–Trinajstić information content (AvgIpc) is 3.54. The topological polar surface area (TPSA) is 146 Å². The highest BCUT2D eigenvalue weighted by molar-refractivity contribution is 6.30. The van der Waals surface area contributed by atoms with Crippen molar-refractivity contribution in [1.29, 1.82) is 0 Å². The van der Waals surface area contributed by atoms with Crippen molar-refractivity contribution in [3.63, 3.8) is 0 Å². The minimum absolute atomic E-state index is 0.0332. The standard InChI is InChI=1S/C32H28Cl2N8O2/c33-23-7-1-19(2-8-23)13-29-37-25-15-21(5-11-27(25)41(29)17-31(43)39-35)22-6-12-28-26(16-22)38-30(42(28)18-32(44)40-36)14-20-3-9-24(34)10-4-20/h1-12,15-16H,13-14,17-18,35-36H2,(H,39,43)(H,40,44). The number of nitrogens with zero attached hydrogens (tertiary/aromatic N) is 4. The Morgan fingerprint density at radius 3 is 1.36 bits per heavy atom. The van der Waals surface area contributed by atoms with Gasteiger partial charge in [0.05, 0.1) is 22.1 Å². The molecule has 2 aromatic heterocycles. The van der Waals surface area contributed by atoms with Crippen molar-refractivity contribution in [3.8, 4) is 11.1 Å². The van der Waals surface area contributed by atoms with Crippen molar-refractivity contribution < 1.29 is 9.59 Å². The Hall–Kier alpha value is -4.74. The summed E-state index contributed by atoms with van der Waals surface area (Å²) < 4.78 is 3.73. The highest BCUT2D eigenvalue weighted by Crippen LogP contribution is 2.29. The SMILES string of the molecule is NNC(=O)Cn1c(Cc2ccc(Cl)cc2)nc2cc(-c3ccc4c(c3)nc(Cc3ccc(Cl)cc3)n4CC(=O)NN)ccc21. The van der Waals surface area contributed by atoms with Crippen LogP contribution in [0.2, 0.25) is 10.0 Å². The molecule has 6 rings (SSSR count). The van der Waals surface area contributed by atoms with Gasteiger partial charge >= 0.3 is 0 Å². The number of carbonyl (C=O) groups is 2. The molecular formula is C32H28Cl2N8O2. The van der Waals surface area contributed by atoms with Crippen molar-refractivity contribution in [2.45, 2.75) is 25.9 Å². The summed E-state index contributed by atoms with van der Waals surface area (Å²) in [7, 11) is 0. The Bertz CT molecular complexity index is 1850. The molecule has 6 aromatic rings. The molecule has 0 unspecified atom stereocenters. The number of imidazole rings is 2. The number of fused-ring (bicyclic) bond motifs is 2. The third-order valence-corrected chi connectivity index (χ3v) is 7.97. The van der Waals surface area contributed by atoms with E-state index in [1.807, 2.05) is 94.1 Å². The molecule has 4 aromatic carbocycles.